The smallest absolute Gasteiger partial charge is 0.404 e. The van der Waals surface area contributed by atoms with E-state index >= 15 is 0 Å². The van der Waals surface area contributed by atoms with E-state index in [0.717, 1.165) is 57.2 Å². The van der Waals surface area contributed by atoms with Crippen LogP contribution in [0, 0.1) is 5.92 Å². The summed E-state index contributed by atoms with van der Waals surface area (Å²) in [6.07, 6.45) is 1.65. The molecule has 3 aliphatic rings. The molecule has 0 radical (unpaired) electrons. The zero-order valence-corrected chi connectivity index (χ0v) is 17.2. The molecular weight excluding hydrogens is 399 g/mol. The molecule has 2 fully saturated rings. The molecule has 0 spiro atoms. The third-order valence-corrected chi connectivity index (χ3v) is 6.66. The Morgan fingerprint density at radius 1 is 1.23 bits per heavy atom. The minimum Gasteiger partial charge on any atom is -0.404 e. The summed E-state index contributed by atoms with van der Waals surface area (Å²) in [5, 5.41) is 0. The number of hydrogen-bond acceptors (Lipinski definition) is 5. The van der Waals surface area contributed by atoms with E-state index in [-0.39, 0.29) is 24.1 Å². The number of alkyl halides is 3. The van der Waals surface area contributed by atoms with Crippen LogP contribution in [0.15, 0.2) is 12.3 Å². The van der Waals surface area contributed by atoms with Crippen molar-refractivity contribution in [2.24, 2.45) is 5.92 Å². The number of hydrogen-bond donors (Lipinski definition) is 0. The summed E-state index contributed by atoms with van der Waals surface area (Å²) < 4.78 is 46.9. The first kappa shape index (κ1) is 21.4. The number of rotatable bonds is 4. The van der Waals surface area contributed by atoms with Crippen molar-refractivity contribution in [3.05, 3.63) is 23.5 Å². The molecule has 1 aliphatic carbocycles. The lowest BCUT2D eigenvalue weighted by Gasteiger charge is -2.36. The number of fused-ring (bicyclic) bond motifs is 1. The lowest BCUT2D eigenvalue weighted by molar-refractivity contribution is -0.274. The highest BCUT2D eigenvalue weighted by atomic mass is 19.4. The van der Waals surface area contributed by atoms with Gasteiger partial charge in [-0.3, -0.25) is 9.78 Å². The van der Waals surface area contributed by atoms with Gasteiger partial charge in [-0.05, 0) is 50.8 Å². The Morgan fingerprint density at radius 3 is 2.73 bits per heavy atom. The van der Waals surface area contributed by atoms with Gasteiger partial charge in [-0.25, -0.2) is 0 Å². The standard InChI is InChI=1S/C21H28F3N3O3/c1-26(16-5-8-29-9-6-16)17-3-2-14(10-17)20(28)27-7-4-19-15(13-27)11-18(12-25-19)30-21(22,23)24/h11-12,14,16-17H,2-10,13H2,1H3. The Kier molecular flexibility index (Phi) is 6.20. The monoisotopic (exact) mass is 427 g/mol. The van der Waals surface area contributed by atoms with E-state index in [1.807, 2.05) is 0 Å². The molecule has 4 rings (SSSR count). The molecular formula is C21H28F3N3O3. The van der Waals surface area contributed by atoms with Crippen LogP contribution < -0.4 is 4.74 Å². The number of nitrogens with zero attached hydrogens (tertiary/aromatic N) is 3. The highest BCUT2D eigenvalue weighted by Gasteiger charge is 2.37. The summed E-state index contributed by atoms with van der Waals surface area (Å²) in [6, 6.07) is 2.26. The number of halogens is 3. The fourth-order valence-corrected chi connectivity index (χ4v) is 4.98. The van der Waals surface area contributed by atoms with Crippen LogP contribution in [0.25, 0.3) is 0 Å². The van der Waals surface area contributed by atoms with Crippen LogP contribution >= 0.6 is 0 Å². The zero-order chi connectivity index (χ0) is 21.3. The maximum Gasteiger partial charge on any atom is 0.573 e. The van der Waals surface area contributed by atoms with Crippen molar-refractivity contribution in [3.63, 3.8) is 0 Å². The van der Waals surface area contributed by atoms with Crippen molar-refractivity contribution in [1.82, 2.24) is 14.8 Å². The number of pyridine rings is 1. The molecule has 2 atom stereocenters. The summed E-state index contributed by atoms with van der Waals surface area (Å²) in [4.78, 5) is 21.4. The first-order valence-corrected chi connectivity index (χ1v) is 10.6. The normalized spacial score (nSPS) is 25.4. The van der Waals surface area contributed by atoms with Gasteiger partial charge in [-0.2, -0.15) is 0 Å². The van der Waals surface area contributed by atoms with Gasteiger partial charge < -0.3 is 19.3 Å². The van der Waals surface area contributed by atoms with Gasteiger partial charge >= 0.3 is 6.36 Å². The number of aromatic nitrogens is 1. The van der Waals surface area contributed by atoms with E-state index in [1.165, 1.54) is 6.07 Å². The van der Waals surface area contributed by atoms with E-state index in [0.29, 0.717) is 30.6 Å². The first-order chi connectivity index (χ1) is 14.3. The average molecular weight is 427 g/mol. The topological polar surface area (TPSA) is 54.9 Å². The predicted octanol–water partition coefficient (Wildman–Crippen LogP) is 3.14. The number of ether oxygens (including phenoxy) is 2. The van der Waals surface area contributed by atoms with Crippen LogP contribution in [-0.4, -0.2) is 65.9 Å². The van der Waals surface area contributed by atoms with Gasteiger partial charge in [0.25, 0.3) is 0 Å². The number of carbonyl (C=O) groups excluding carboxylic acids is 1. The second kappa shape index (κ2) is 8.70. The largest absolute Gasteiger partial charge is 0.573 e. The molecule has 1 aromatic rings. The summed E-state index contributed by atoms with van der Waals surface area (Å²) >= 11 is 0. The van der Waals surface area contributed by atoms with Crippen molar-refractivity contribution >= 4 is 5.91 Å². The SMILES string of the molecule is CN(C1CCOCC1)C1CCC(C(=O)N2CCc3ncc(OC(F)(F)F)cc3C2)C1. The Hall–Kier alpha value is -1.87. The van der Waals surface area contributed by atoms with Gasteiger partial charge in [0.05, 0.1) is 6.20 Å². The third kappa shape index (κ3) is 4.88. The van der Waals surface area contributed by atoms with Crippen LogP contribution in [0.1, 0.15) is 43.4 Å². The van der Waals surface area contributed by atoms with Crippen LogP contribution in [0.3, 0.4) is 0 Å². The van der Waals surface area contributed by atoms with E-state index in [4.69, 9.17) is 4.74 Å². The lowest BCUT2D eigenvalue weighted by atomic mass is 10.0. The van der Waals surface area contributed by atoms with Gasteiger partial charge in [0.2, 0.25) is 5.91 Å². The fraction of sp³-hybridized carbons (Fsp3) is 0.714. The molecule has 1 amide bonds. The zero-order valence-electron chi connectivity index (χ0n) is 17.2. The van der Waals surface area contributed by atoms with Crippen molar-refractivity contribution in [2.45, 2.75) is 63.5 Å². The second-order valence-corrected chi connectivity index (χ2v) is 8.51. The molecule has 0 N–H and O–H groups in total. The molecule has 1 saturated heterocycles. The minimum atomic E-state index is -4.75. The number of amides is 1. The van der Waals surface area contributed by atoms with E-state index in [2.05, 4.69) is 21.7 Å². The van der Waals surface area contributed by atoms with Gasteiger partial charge in [0.15, 0.2) is 0 Å². The van der Waals surface area contributed by atoms with Crippen LogP contribution in [0.4, 0.5) is 13.2 Å². The summed E-state index contributed by atoms with van der Waals surface area (Å²) in [5.74, 6) is -0.262. The summed E-state index contributed by atoms with van der Waals surface area (Å²) in [5.41, 5.74) is 1.36. The van der Waals surface area contributed by atoms with Crippen molar-refractivity contribution in [2.75, 3.05) is 26.8 Å². The van der Waals surface area contributed by atoms with Crippen molar-refractivity contribution in [3.8, 4) is 5.75 Å². The Bertz CT molecular complexity index is 768. The Morgan fingerprint density at radius 2 is 2.00 bits per heavy atom. The average Bonchev–Trinajstić information content (AvgIpc) is 3.22. The van der Waals surface area contributed by atoms with Gasteiger partial charge in [0.1, 0.15) is 5.75 Å². The van der Waals surface area contributed by atoms with Gasteiger partial charge in [0, 0.05) is 56.4 Å². The molecule has 0 aromatic carbocycles. The maximum atomic E-state index is 13.1. The maximum absolute atomic E-state index is 13.1. The second-order valence-electron chi connectivity index (χ2n) is 8.51. The Balaban J connectivity index is 1.36. The number of carbonyl (C=O) groups is 1. The van der Waals surface area contributed by atoms with E-state index in [1.54, 1.807) is 4.90 Å². The molecule has 2 aliphatic heterocycles. The minimum absolute atomic E-state index is 0.0265. The first-order valence-electron chi connectivity index (χ1n) is 10.6. The molecule has 30 heavy (non-hydrogen) atoms. The van der Waals surface area contributed by atoms with Crippen molar-refractivity contribution in [1.29, 1.82) is 0 Å². The van der Waals surface area contributed by atoms with Gasteiger partial charge in [-0.1, -0.05) is 0 Å². The molecule has 9 heteroatoms. The molecule has 6 nitrogen and oxygen atoms in total. The van der Waals surface area contributed by atoms with Crippen LogP contribution in [0.2, 0.25) is 0 Å². The molecule has 1 saturated carbocycles. The molecule has 3 heterocycles. The molecule has 166 valence electrons. The van der Waals surface area contributed by atoms with E-state index in [9.17, 15) is 18.0 Å². The highest BCUT2D eigenvalue weighted by Crippen LogP contribution is 2.34. The van der Waals surface area contributed by atoms with Gasteiger partial charge in [-0.15, -0.1) is 13.2 Å². The lowest BCUT2D eigenvalue weighted by Crippen LogP contribution is -2.43. The molecule has 0 bridgehead atoms. The van der Waals surface area contributed by atoms with E-state index < -0.39 is 6.36 Å². The molecule has 1 aromatic heterocycles. The third-order valence-electron chi connectivity index (χ3n) is 6.66. The quantitative estimate of drug-likeness (QED) is 0.739. The van der Waals surface area contributed by atoms with Crippen LogP contribution in [-0.2, 0) is 22.5 Å². The molecule has 2 unspecified atom stereocenters. The van der Waals surface area contributed by atoms with Crippen LogP contribution in [0.5, 0.6) is 5.75 Å². The highest BCUT2D eigenvalue weighted by molar-refractivity contribution is 5.79. The fourth-order valence-electron chi connectivity index (χ4n) is 4.98. The van der Waals surface area contributed by atoms with Crippen molar-refractivity contribution < 1.29 is 27.4 Å². The predicted molar refractivity (Wildman–Crippen MR) is 103 cm³/mol. The summed E-state index contributed by atoms with van der Waals surface area (Å²) in [6.45, 7) is 2.43. The summed E-state index contributed by atoms with van der Waals surface area (Å²) in [7, 11) is 2.15. The Labute approximate surface area is 174 Å².